The van der Waals surface area contributed by atoms with E-state index in [1.54, 1.807) is 0 Å². The molecular formula is C11H22N2. The van der Waals surface area contributed by atoms with E-state index in [0.29, 0.717) is 12.1 Å². The van der Waals surface area contributed by atoms with Gasteiger partial charge in [0, 0.05) is 24.3 Å². The SMILES string of the molecule is C=C(C)N[C@H]1CCCN(C(C)C)C1. The smallest absolute Gasteiger partial charge is 0.0385 e. The van der Waals surface area contributed by atoms with Crippen LogP contribution in [0, 0.1) is 0 Å². The molecule has 1 aliphatic heterocycles. The molecule has 0 bridgehead atoms. The Bertz CT molecular complexity index is 175. The Morgan fingerprint density at radius 2 is 2.23 bits per heavy atom. The van der Waals surface area contributed by atoms with Crippen molar-refractivity contribution in [3.8, 4) is 0 Å². The van der Waals surface area contributed by atoms with Crippen molar-refractivity contribution in [1.82, 2.24) is 10.2 Å². The first kappa shape index (κ1) is 10.6. The number of hydrogen-bond donors (Lipinski definition) is 1. The van der Waals surface area contributed by atoms with Crippen molar-refractivity contribution in [3.63, 3.8) is 0 Å². The Morgan fingerprint density at radius 1 is 1.54 bits per heavy atom. The number of nitrogens with zero attached hydrogens (tertiary/aromatic N) is 1. The standard InChI is InChI=1S/C11H22N2/c1-9(2)12-11-6-5-7-13(8-11)10(3)4/h10-12H,1,5-8H2,2-4H3/t11-/m0/s1. The molecule has 1 heterocycles. The maximum absolute atomic E-state index is 3.89. The average Bonchev–Trinajstić information content (AvgIpc) is 2.03. The first-order chi connectivity index (χ1) is 6.09. The highest BCUT2D eigenvalue weighted by atomic mass is 15.2. The zero-order chi connectivity index (χ0) is 9.84. The zero-order valence-corrected chi connectivity index (χ0v) is 9.14. The second kappa shape index (κ2) is 4.66. The van der Waals surface area contributed by atoms with E-state index in [2.05, 4.69) is 30.6 Å². The third-order valence-corrected chi connectivity index (χ3v) is 2.63. The Morgan fingerprint density at radius 3 is 2.77 bits per heavy atom. The van der Waals surface area contributed by atoms with Gasteiger partial charge in [0.25, 0.3) is 0 Å². The molecule has 0 amide bonds. The van der Waals surface area contributed by atoms with E-state index in [1.165, 1.54) is 25.9 Å². The van der Waals surface area contributed by atoms with Crippen LogP contribution in [0.3, 0.4) is 0 Å². The summed E-state index contributed by atoms with van der Waals surface area (Å²) in [5, 5.41) is 3.43. The molecule has 1 rings (SSSR count). The quantitative estimate of drug-likeness (QED) is 0.718. The predicted molar refractivity (Wildman–Crippen MR) is 57.7 cm³/mol. The highest BCUT2D eigenvalue weighted by Crippen LogP contribution is 2.13. The molecular weight excluding hydrogens is 160 g/mol. The van der Waals surface area contributed by atoms with Crippen LogP contribution >= 0.6 is 0 Å². The van der Waals surface area contributed by atoms with Crippen molar-refractivity contribution in [2.45, 2.75) is 45.7 Å². The highest BCUT2D eigenvalue weighted by molar-refractivity contribution is 4.91. The first-order valence-corrected chi connectivity index (χ1v) is 5.25. The van der Waals surface area contributed by atoms with Crippen molar-refractivity contribution in [1.29, 1.82) is 0 Å². The first-order valence-electron chi connectivity index (χ1n) is 5.25. The third-order valence-electron chi connectivity index (χ3n) is 2.63. The maximum Gasteiger partial charge on any atom is 0.0385 e. The van der Waals surface area contributed by atoms with Crippen LogP contribution in [0.25, 0.3) is 0 Å². The van der Waals surface area contributed by atoms with Crippen LogP contribution in [-0.4, -0.2) is 30.1 Å². The van der Waals surface area contributed by atoms with Gasteiger partial charge in [-0.15, -0.1) is 0 Å². The molecule has 1 fully saturated rings. The monoisotopic (exact) mass is 182 g/mol. The van der Waals surface area contributed by atoms with E-state index in [1.807, 2.05) is 6.92 Å². The van der Waals surface area contributed by atoms with Crippen molar-refractivity contribution in [3.05, 3.63) is 12.3 Å². The van der Waals surface area contributed by atoms with Crippen LogP contribution in [0.2, 0.25) is 0 Å². The van der Waals surface area contributed by atoms with Crippen LogP contribution in [0.15, 0.2) is 12.3 Å². The molecule has 0 saturated carbocycles. The summed E-state index contributed by atoms with van der Waals surface area (Å²) in [5.41, 5.74) is 1.09. The van der Waals surface area contributed by atoms with Crippen LogP contribution < -0.4 is 5.32 Å². The van der Waals surface area contributed by atoms with Crippen molar-refractivity contribution in [2.24, 2.45) is 0 Å². The lowest BCUT2D eigenvalue weighted by molar-refractivity contribution is 0.159. The predicted octanol–water partition coefficient (Wildman–Crippen LogP) is 1.98. The summed E-state index contributed by atoms with van der Waals surface area (Å²) in [6.45, 7) is 12.9. The molecule has 1 saturated heterocycles. The Kier molecular flexibility index (Phi) is 3.79. The average molecular weight is 182 g/mol. The fourth-order valence-corrected chi connectivity index (χ4v) is 1.94. The highest BCUT2D eigenvalue weighted by Gasteiger charge is 2.20. The van der Waals surface area contributed by atoms with Gasteiger partial charge in [-0.2, -0.15) is 0 Å². The molecule has 0 aliphatic carbocycles. The Balaban J connectivity index is 2.37. The summed E-state index contributed by atoms with van der Waals surface area (Å²) in [6, 6.07) is 1.29. The molecule has 1 atom stereocenters. The molecule has 2 heteroatoms. The van der Waals surface area contributed by atoms with Gasteiger partial charge >= 0.3 is 0 Å². The lowest BCUT2D eigenvalue weighted by Gasteiger charge is -2.36. The topological polar surface area (TPSA) is 15.3 Å². The van der Waals surface area contributed by atoms with Crippen LogP contribution in [0.4, 0.5) is 0 Å². The number of likely N-dealkylation sites (tertiary alicyclic amines) is 1. The zero-order valence-electron chi connectivity index (χ0n) is 9.14. The van der Waals surface area contributed by atoms with Crippen molar-refractivity contribution < 1.29 is 0 Å². The second-order valence-corrected chi connectivity index (χ2v) is 4.35. The molecule has 0 spiro atoms. The van der Waals surface area contributed by atoms with E-state index in [0.717, 1.165) is 5.70 Å². The van der Waals surface area contributed by atoms with E-state index in [-0.39, 0.29) is 0 Å². The fourth-order valence-electron chi connectivity index (χ4n) is 1.94. The van der Waals surface area contributed by atoms with Gasteiger partial charge in [0.15, 0.2) is 0 Å². The van der Waals surface area contributed by atoms with Crippen LogP contribution in [-0.2, 0) is 0 Å². The molecule has 0 aromatic carbocycles. The molecule has 1 aliphatic rings. The summed E-state index contributed by atoms with van der Waals surface area (Å²) in [7, 11) is 0. The van der Waals surface area contributed by atoms with E-state index >= 15 is 0 Å². The molecule has 0 unspecified atom stereocenters. The van der Waals surface area contributed by atoms with Crippen LogP contribution in [0.5, 0.6) is 0 Å². The molecule has 0 aromatic heterocycles. The minimum Gasteiger partial charge on any atom is -0.385 e. The van der Waals surface area contributed by atoms with Gasteiger partial charge in [-0.25, -0.2) is 0 Å². The number of nitrogens with one attached hydrogen (secondary N) is 1. The molecule has 1 N–H and O–H groups in total. The number of piperidine rings is 1. The van der Waals surface area contributed by atoms with Gasteiger partial charge in [-0.1, -0.05) is 6.58 Å². The molecule has 13 heavy (non-hydrogen) atoms. The van der Waals surface area contributed by atoms with Gasteiger partial charge in [0.05, 0.1) is 0 Å². The summed E-state index contributed by atoms with van der Waals surface area (Å²) in [6.07, 6.45) is 2.60. The van der Waals surface area contributed by atoms with Gasteiger partial charge in [-0.3, -0.25) is 4.90 Å². The largest absolute Gasteiger partial charge is 0.385 e. The minimum atomic E-state index is 0.619. The third kappa shape index (κ3) is 3.39. The van der Waals surface area contributed by atoms with Crippen molar-refractivity contribution >= 4 is 0 Å². The molecule has 0 aromatic rings. The molecule has 0 radical (unpaired) electrons. The number of allylic oxidation sites excluding steroid dienone is 1. The summed E-state index contributed by atoms with van der Waals surface area (Å²) >= 11 is 0. The van der Waals surface area contributed by atoms with E-state index in [9.17, 15) is 0 Å². The van der Waals surface area contributed by atoms with E-state index < -0.39 is 0 Å². The van der Waals surface area contributed by atoms with Gasteiger partial charge < -0.3 is 5.32 Å². The lowest BCUT2D eigenvalue weighted by atomic mass is 10.0. The Hall–Kier alpha value is -0.500. The number of hydrogen-bond acceptors (Lipinski definition) is 2. The fraction of sp³-hybridized carbons (Fsp3) is 0.818. The number of rotatable bonds is 3. The summed E-state index contributed by atoms with van der Waals surface area (Å²) in [4.78, 5) is 2.53. The maximum atomic E-state index is 3.89. The molecule has 76 valence electrons. The van der Waals surface area contributed by atoms with E-state index in [4.69, 9.17) is 0 Å². The lowest BCUT2D eigenvalue weighted by Crippen LogP contribution is -2.47. The second-order valence-electron chi connectivity index (χ2n) is 4.35. The van der Waals surface area contributed by atoms with Gasteiger partial charge in [0.2, 0.25) is 0 Å². The minimum absolute atomic E-state index is 0.619. The normalized spacial score (nSPS) is 24.8. The summed E-state index contributed by atoms with van der Waals surface area (Å²) in [5.74, 6) is 0. The van der Waals surface area contributed by atoms with Gasteiger partial charge in [-0.05, 0) is 40.2 Å². The van der Waals surface area contributed by atoms with Crippen molar-refractivity contribution in [2.75, 3.05) is 13.1 Å². The van der Waals surface area contributed by atoms with Crippen LogP contribution in [0.1, 0.15) is 33.6 Å². The Labute approximate surface area is 82.0 Å². The molecule has 2 nitrogen and oxygen atoms in total. The summed E-state index contributed by atoms with van der Waals surface area (Å²) < 4.78 is 0. The van der Waals surface area contributed by atoms with Gasteiger partial charge in [0.1, 0.15) is 0 Å².